The molecule has 0 saturated carbocycles. The Labute approximate surface area is 115 Å². The third kappa shape index (κ3) is 3.07. The van der Waals surface area contributed by atoms with E-state index in [1.807, 2.05) is 0 Å². The standard InChI is InChI=1S/C15H14O5/c16-10-4-1-9(2-5-10)3-6-12(18)15-13(19)7-11(17)8-14(15)20/h1-5,7-8,10,16-17,19-20H,6H2. The number of hydrogen-bond donors (Lipinski definition) is 4. The number of carbonyl (C=O) groups is 1. The van der Waals surface area contributed by atoms with Crippen LogP contribution in [0.2, 0.25) is 0 Å². The Hall–Kier alpha value is -2.53. The highest BCUT2D eigenvalue weighted by atomic mass is 16.3. The molecule has 1 aromatic carbocycles. The van der Waals surface area contributed by atoms with Crippen LogP contribution in [0, 0.1) is 0 Å². The van der Waals surface area contributed by atoms with E-state index in [0.717, 1.165) is 17.7 Å². The molecule has 1 aromatic rings. The maximum atomic E-state index is 12.0. The minimum atomic E-state index is -0.618. The van der Waals surface area contributed by atoms with E-state index in [1.54, 1.807) is 30.4 Å². The van der Waals surface area contributed by atoms with Gasteiger partial charge in [-0.05, 0) is 5.57 Å². The fourth-order valence-electron chi connectivity index (χ4n) is 1.87. The molecule has 20 heavy (non-hydrogen) atoms. The fraction of sp³-hybridized carbons (Fsp3) is 0.133. The Morgan fingerprint density at radius 2 is 1.65 bits per heavy atom. The summed E-state index contributed by atoms with van der Waals surface area (Å²) in [5.41, 5.74) is 0.532. The van der Waals surface area contributed by atoms with Crippen LogP contribution in [0.4, 0.5) is 0 Å². The van der Waals surface area contributed by atoms with Crippen molar-refractivity contribution in [2.45, 2.75) is 12.5 Å². The summed E-state index contributed by atoms with van der Waals surface area (Å²) in [6.45, 7) is 0. The van der Waals surface area contributed by atoms with Crippen molar-refractivity contribution in [3.05, 3.63) is 53.6 Å². The predicted molar refractivity (Wildman–Crippen MR) is 72.8 cm³/mol. The number of benzene rings is 1. The molecule has 5 nitrogen and oxygen atoms in total. The summed E-state index contributed by atoms with van der Waals surface area (Å²) in [4.78, 5) is 12.0. The smallest absolute Gasteiger partial charge is 0.174 e. The second-order valence-electron chi connectivity index (χ2n) is 4.40. The molecule has 0 heterocycles. The molecule has 0 radical (unpaired) electrons. The first-order valence-corrected chi connectivity index (χ1v) is 6.00. The van der Waals surface area contributed by atoms with Crippen LogP contribution in [0.5, 0.6) is 17.2 Å². The molecule has 5 heteroatoms. The highest BCUT2D eigenvalue weighted by molar-refractivity contribution is 6.02. The van der Waals surface area contributed by atoms with Gasteiger partial charge in [-0.25, -0.2) is 0 Å². The first kappa shape index (κ1) is 13.9. The molecule has 1 aliphatic rings. The fourth-order valence-corrected chi connectivity index (χ4v) is 1.87. The lowest BCUT2D eigenvalue weighted by Crippen LogP contribution is -2.01. The Balaban J connectivity index is 2.16. The average Bonchev–Trinajstić information content (AvgIpc) is 2.37. The van der Waals surface area contributed by atoms with Crippen LogP contribution in [-0.4, -0.2) is 32.3 Å². The number of allylic oxidation sites excluding steroid dienone is 4. The van der Waals surface area contributed by atoms with Crippen molar-refractivity contribution < 1.29 is 25.2 Å². The van der Waals surface area contributed by atoms with Crippen molar-refractivity contribution in [1.82, 2.24) is 0 Å². The van der Waals surface area contributed by atoms with Gasteiger partial charge in [-0.3, -0.25) is 4.79 Å². The summed E-state index contributed by atoms with van der Waals surface area (Å²) in [6, 6.07) is 1.99. The number of hydrogen-bond acceptors (Lipinski definition) is 5. The van der Waals surface area contributed by atoms with Crippen LogP contribution in [0.25, 0.3) is 0 Å². The van der Waals surface area contributed by atoms with Gasteiger partial charge in [0.15, 0.2) is 5.78 Å². The third-order valence-corrected chi connectivity index (χ3v) is 2.86. The number of phenolic OH excluding ortho intramolecular Hbond substituents is 3. The predicted octanol–water partition coefficient (Wildman–Crippen LogP) is 1.79. The van der Waals surface area contributed by atoms with Crippen LogP contribution in [-0.2, 0) is 0 Å². The summed E-state index contributed by atoms with van der Waals surface area (Å²) in [5, 5.41) is 37.6. The number of phenols is 3. The number of aliphatic hydroxyl groups is 1. The first-order valence-electron chi connectivity index (χ1n) is 6.00. The summed E-state index contributed by atoms with van der Waals surface area (Å²) in [7, 11) is 0. The molecule has 2 rings (SSSR count). The summed E-state index contributed by atoms with van der Waals surface area (Å²) >= 11 is 0. The molecule has 1 aliphatic carbocycles. The minimum absolute atomic E-state index is 0.0218. The Kier molecular flexibility index (Phi) is 3.91. The van der Waals surface area contributed by atoms with E-state index < -0.39 is 23.4 Å². The Morgan fingerprint density at radius 1 is 1.10 bits per heavy atom. The summed E-state index contributed by atoms with van der Waals surface area (Å²) in [6.07, 6.45) is 7.48. The highest BCUT2D eigenvalue weighted by Gasteiger charge is 2.16. The van der Waals surface area contributed by atoms with Gasteiger partial charge in [-0.1, -0.05) is 30.4 Å². The van der Waals surface area contributed by atoms with Gasteiger partial charge >= 0.3 is 0 Å². The van der Waals surface area contributed by atoms with Gasteiger partial charge in [0.1, 0.15) is 22.8 Å². The molecule has 0 spiro atoms. The van der Waals surface area contributed by atoms with Gasteiger partial charge in [0.25, 0.3) is 0 Å². The molecular formula is C15H14O5. The molecule has 0 bridgehead atoms. The van der Waals surface area contributed by atoms with Gasteiger partial charge in [-0.2, -0.15) is 0 Å². The van der Waals surface area contributed by atoms with Crippen LogP contribution >= 0.6 is 0 Å². The maximum absolute atomic E-state index is 12.0. The number of rotatable bonds is 3. The lowest BCUT2D eigenvalue weighted by molar-refractivity contribution is 0.0990. The van der Waals surface area contributed by atoms with Gasteiger partial charge in [-0.15, -0.1) is 0 Å². The van der Waals surface area contributed by atoms with E-state index in [0.29, 0.717) is 0 Å². The van der Waals surface area contributed by atoms with Crippen molar-refractivity contribution in [1.29, 1.82) is 0 Å². The molecule has 0 amide bonds. The monoisotopic (exact) mass is 274 g/mol. The second kappa shape index (κ2) is 5.63. The molecule has 0 aliphatic heterocycles. The van der Waals surface area contributed by atoms with Gasteiger partial charge in [0.2, 0.25) is 0 Å². The zero-order valence-electron chi connectivity index (χ0n) is 10.5. The van der Waals surface area contributed by atoms with Crippen LogP contribution in [0.15, 0.2) is 48.1 Å². The molecule has 104 valence electrons. The van der Waals surface area contributed by atoms with E-state index in [-0.39, 0.29) is 17.7 Å². The molecular weight excluding hydrogens is 260 g/mol. The molecule has 0 fully saturated rings. The van der Waals surface area contributed by atoms with Gasteiger partial charge in [0.05, 0.1) is 6.10 Å². The number of aliphatic hydroxyl groups excluding tert-OH is 1. The van der Waals surface area contributed by atoms with E-state index >= 15 is 0 Å². The van der Waals surface area contributed by atoms with Crippen molar-refractivity contribution in [3.63, 3.8) is 0 Å². The van der Waals surface area contributed by atoms with Gasteiger partial charge in [0, 0.05) is 18.6 Å². The first-order chi connectivity index (χ1) is 9.47. The molecule has 4 N–H and O–H groups in total. The van der Waals surface area contributed by atoms with Crippen molar-refractivity contribution in [2.75, 3.05) is 0 Å². The number of aromatic hydroxyl groups is 3. The molecule has 0 atom stereocenters. The normalized spacial score (nSPS) is 17.2. The zero-order chi connectivity index (χ0) is 14.7. The number of ketones is 1. The van der Waals surface area contributed by atoms with Crippen LogP contribution < -0.4 is 0 Å². The van der Waals surface area contributed by atoms with E-state index in [9.17, 15) is 25.2 Å². The summed E-state index contributed by atoms with van der Waals surface area (Å²) in [5.74, 6) is -1.71. The topological polar surface area (TPSA) is 98.0 Å². The lowest BCUT2D eigenvalue weighted by atomic mass is 10.0. The van der Waals surface area contributed by atoms with Crippen LogP contribution in [0.3, 0.4) is 0 Å². The van der Waals surface area contributed by atoms with Crippen LogP contribution in [0.1, 0.15) is 16.8 Å². The third-order valence-electron chi connectivity index (χ3n) is 2.86. The van der Waals surface area contributed by atoms with Gasteiger partial charge < -0.3 is 20.4 Å². The SMILES string of the molecule is O=C(CC=C1C=CC(O)C=C1)c1c(O)cc(O)cc1O. The lowest BCUT2D eigenvalue weighted by Gasteiger charge is -2.07. The maximum Gasteiger partial charge on any atom is 0.174 e. The number of carbonyl (C=O) groups excluding carboxylic acids is 1. The average molecular weight is 274 g/mol. The largest absolute Gasteiger partial charge is 0.508 e. The van der Waals surface area contributed by atoms with E-state index in [1.165, 1.54) is 0 Å². The zero-order valence-corrected chi connectivity index (χ0v) is 10.5. The molecule has 0 aromatic heterocycles. The Bertz CT molecular complexity index is 586. The number of Topliss-reactive ketones (excluding diaryl/α,β-unsaturated/α-hetero) is 1. The molecule has 0 unspecified atom stereocenters. The summed E-state index contributed by atoms with van der Waals surface area (Å²) < 4.78 is 0. The van der Waals surface area contributed by atoms with Crippen molar-refractivity contribution >= 4 is 5.78 Å². The quantitative estimate of drug-likeness (QED) is 0.630. The van der Waals surface area contributed by atoms with E-state index in [4.69, 9.17) is 0 Å². The highest BCUT2D eigenvalue weighted by Crippen LogP contribution is 2.32. The Morgan fingerprint density at radius 3 is 2.20 bits per heavy atom. The van der Waals surface area contributed by atoms with Crippen molar-refractivity contribution in [3.8, 4) is 17.2 Å². The van der Waals surface area contributed by atoms with E-state index in [2.05, 4.69) is 0 Å². The second-order valence-corrected chi connectivity index (χ2v) is 4.40. The van der Waals surface area contributed by atoms with Crippen molar-refractivity contribution in [2.24, 2.45) is 0 Å². The minimum Gasteiger partial charge on any atom is -0.508 e. The molecule has 0 saturated heterocycles.